The molecule has 0 radical (unpaired) electrons. The number of rotatable bonds is 3. The lowest BCUT2D eigenvalue weighted by atomic mass is 9.58. The number of nitrogens with one attached hydrogen (secondary N) is 1. The molecule has 30 heavy (non-hydrogen) atoms. The topological polar surface area (TPSA) is 62.4 Å². The van der Waals surface area contributed by atoms with E-state index in [0.717, 1.165) is 24.1 Å². The largest absolute Gasteiger partial charge is 0.497 e. The van der Waals surface area contributed by atoms with Crippen LogP contribution >= 0.6 is 0 Å². The summed E-state index contributed by atoms with van der Waals surface area (Å²) >= 11 is 0. The number of hydrogen-bond acceptors (Lipinski definition) is 3. The number of aromatic amines is 1. The van der Waals surface area contributed by atoms with Gasteiger partial charge in [-0.25, -0.2) is 4.90 Å². The van der Waals surface area contributed by atoms with Gasteiger partial charge in [0.25, 0.3) is 0 Å². The van der Waals surface area contributed by atoms with E-state index in [0.29, 0.717) is 29.2 Å². The predicted octanol–water partition coefficient (Wildman–Crippen LogP) is 4.77. The highest BCUT2D eigenvalue weighted by atomic mass is 16.5. The number of hydrogen-bond donors (Lipinski definition) is 1. The van der Waals surface area contributed by atoms with Gasteiger partial charge in [0.1, 0.15) is 5.75 Å². The number of ether oxygens (including phenoxy) is 1. The Morgan fingerprint density at radius 1 is 1.10 bits per heavy atom. The highest BCUT2D eigenvalue weighted by molar-refractivity contribution is 6.24. The van der Waals surface area contributed by atoms with Crippen LogP contribution in [0.3, 0.4) is 0 Å². The number of amides is 2. The minimum absolute atomic E-state index is 0.0286. The van der Waals surface area contributed by atoms with E-state index in [9.17, 15) is 9.59 Å². The summed E-state index contributed by atoms with van der Waals surface area (Å²) in [5.41, 5.74) is 3.98. The molecule has 2 amide bonds. The second-order valence-corrected chi connectivity index (χ2v) is 9.62. The molecule has 1 saturated carbocycles. The van der Waals surface area contributed by atoms with Crippen LogP contribution in [0.1, 0.15) is 61.9 Å². The first kappa shape index (κ1) is 19.4. The van der Waals surface area contributed by atoms with Gasteiger partial charge >= 0.3 is 0 Å². The maximum absolute atomic E-state index is 13.7. The Balaban J connectivity index is 1.59. The molecule has 0 bridgehead atoms. The molecule has 5 heteroatoms. The minimum Gasteiger partial charge on any atom is -0.497 e. The van der Waals surface area contributed by atoms with E-state index in [1.165, 1.54) is 17.0 Å². The fourth-order valence-corrected chi connectivity index (χ4v) is 6.23. The molecule has 5 atom stereocenters. The van der Waals surface area contributed by atoms with Crippen LogP contribution in [0.2, 0.25) is 0 Å². The fourth-order valence-electron chi connectivity index (χ4n) is 6.23. The Labute approximate surface area is 177 Å². The predicted molar refractivity (Wildman–Crippen MR) is 116 cm³/mol. The van der Waals surface area contributed by atoms with E-state index in [4.69, 9.17) is 4.74 Å². The van der Waals surface area contributed by atoms with Gasteiger partial charge in [0.2, 0.25) is 11.8 Å². The van der Waals surface area contributed by atoms with Crippen LogP contribution in [0.15, 0.2) is 30.3 Å². The number of aryl methyl sites for hydroxylation is 1. The number of nitrogens with zero attached hydrogens (tertiary/aromatic N) is 1. The number of carbonyl (C=O) groups excluding carboxylic acids is 2. The van der Waals surface area contributed by atoms with E-state index in [-0.39, 0.29) is 29.6 Å². The average Bonchev–Trinajstić information content (AvgIpc) is 3.25. The van der Waals surface area contributed by atoms with Crippen molar-refractivity contribution >= 4 is 17.5 Å². The average molecular weight is 407 g/mol. The molecular formula is C25H30N2O3. The number of imide groups is 1. The number of fused-ring (bicyclic) bond motifs is 6. The maximum atomic E-state index is 13.7. The molecule has 3 aliphatic rings. The molecule has 158 valence electrons. The molecule has 5 rings (SSSR count). The highest BCUT2D eigenvalue weighted by Gasteiger charge is 2.58. The molecule has 2 fully saturated rings. The summed E-state index contributed by atoms with van der Waals surface area (Å²) in [7, 11) is 1.61. The summed E-state index contributed by atoms with van der Waals surface area (Å²) in [4.78, 5) is 32.3. The van der Waals surface area contributed by atoms with Gasteiger partial charge in [-0.3, -0.25) is 9.59 Å². The van der Waals surface area contributed by atoms with E-state index in [2.05, 4.69) is 24.9 Å². The Morgan fingerprint density at radius 3 is 2.50 bits per heavy atom. The van der Waals surface area contributed by atoms with E-state index < -0.39 is 0 Å². The number of benzene rings is 1. The summed E-state index contributed by atoms with van der Waals surface area (Å²) in [6, 6.07) is 9.33. The third kappa shape index (κ3) is 2.74. The molecule has 0 spiro atoms. The lowest BCUT2D eigenvalue weighted by Crippen LogP contribution is -2.40. The molecule has 1 saturated heterocycles. The van der Waals surface area contributed by atoms with E-state index in [1.807, 2.05) is 31.2 Å². The number of anilines is 1. The van der Waals surface area contributed by atoms with Gasteiger partial charge in [-0.05, 0) is 79.8 Å². The van der Waals surface area contributed by atoms with Gasteiger partial charge in [0, 0.05) is 17.3 Å². The highest BCUT2D eigenvalue weighted by Crippen LogP contribution is 2.57. The number of carbonyl (C=O) groups is 2. The smallest absolute Gasteiger partial charge is 0.242 e. The first-order chi connectivity index (χ1) is 14.4. The van der Waals surface area contributed by atoms with Crippen LogP contribution in [0, 0.1) is 30.6 Å². The van der Waals surface area contributed by atoms with Crippen LogP contribution in [-0.2, 0) is 9.59 Å². The Morgan fingerprint density at radius 2 is 1.83 bits per heavy atom. The lowest BCUT2D eigenvalue weighted by Gasteiger charge is -2.44. The molecule has 1 aliphatic heterocycles. The molecule has 2 aromatic rings. The number of H-pyrrole nitrogens is 1. The number of methoxy groups -OCH3 is 1. The van der Waals surface area contributed by atoms with Crippen LogP contribution in [0.4, 0.5) is 5.69 Å². The molecule has 1 N–H and O–H groups in total. The maximum Gasteiger partial charge on any atom is 0.242 e. The second-order valence-electron chi connectivity index (χ2n) is 9.62. The van der Waals surface area contributed by atoms with Gasteiger partial charge in [0.15, 0.2) is 0 Å². The summed E-state index contributed by atoms with van der Waals surface area (Å²) in [5.74, 6) is 1.76. The normalized spacial score (nSPS) is 30.3. The molecular weight excluding hydrogens is 376 g/mol. The van der Waals surface area contributed by atoms with Crippen molar-refractivity contribution in [2.75, 3.05) is 12.0 Å². The summed E-state index contributed by atoms with van der Waals surface area (Å²) in [5, 5.41) is 0. The van der Waals surface area contributed by atoms with Crippen LogP contribution in [-0.4, -0.2) is 23.9 Å². The summed E-state index contributed by atoms with van der Waals surface area (Å²) in [6.45, 7) is 6.60. The van der Waals surface area contributed by atoms with Gasteiger partial charge in [-0.15, -0.1) is 0 Å². The Hall–Kier alpha value is -2.56. The van der Waals surface area contributed by atoms with Crippen molar-refractivity contribution in [2.24, 2.45) is 23.7 Å². The van der Waals surface area contributed by atoms with Crippen molar-refractivity contribution in [3.8, 4) is 5.75 Å². The van der Waals surface area contributed by atoms with E-state index >= 15 is 0 Å². The Kier molecular flexibility index (Phi) is 4.53. The minimum atomic E-state index is -0.369. The first-order valence-electron chi connectivity index (χ1n) is 11.1. The monoisotopic (exact) mass is 406 g/mol. The molecule has 1 aromatic heterocycles. The van der Waals surface area contributed by atoms with Crippen LogP contribution in [0.25, 0.3) is 0 Å². The molecule has 2 aliphatic carbocycles. The van der Waals surface area contributed by atoms with E-state index in [1.54, 1.807) is 7.11 Å². The number of aromatic nitrogens is 1. The van der Waals surface area contributed by atoms with Crippen molar-refractivity contribution < 1.29 is 14.3 Å². The van der Waals surface area contributed by atoms with Gasteiger partial charge in [-0.1, -0.05) is 13.8 Å². The summed E-state index contributed by atoms with van der Waals surface area (Å²) < 4.78 is 5.24. The van der Waals surface area contributed by atoms with Crippen LogP contribution in [0.5, 0.6) is 5.75 Å². The second kappa shape index (κ2) is 7.00. The first-order valence-corrected chi connectivity index (χ1v) is 11.1. The van der Waals surface area contributed by atoms with Crippen molar-refractivity contribution in [3.05, 3.63) is 47.3 Å². The Bertz CT molecular complexity index is 990. The third-order valence-corrected chi connectivity index (χ3v) is 7.75. The van der Waals surface area contributed by atoms with Gasteiger partial charge in [-0.2, -0.15) is 0 Å². The zero-order chi connectivity index (χ0) is 21.2. The van der Waals surface area contributed by atoms with Gasteiger partial charge < -0.3 is 9.72 Å². The lowest BCUT2D eigenvalue weighted by molar-refractivity contribution is -0.123. The fraction of sp³-hybridized carbons (Fsp3) is 0.520. The van der Waals surface area contributed by atoms with Crippen molar-refractivity contribution in [3.63, 3.8) is 0 Å². The van der Waals surface area contributed by atoms with Crippen molar-refractivity contribution in [1.82, 2.24) is 4.98 Å². The molecule has 2 heterocycles. The third-order valence-electron chi connectivity index (χ3n) is 7.75. The summed E-state index contributed by atoms with van der Waals surface area (Å²) in [6.07, 6.45) is 3.31. The molecule has 1 aromatic carbocycles. The molecule has 1 unspecified atom stereocenters. The van der Waals surface area contributed by atoms with Crippen LogP contribution < -0.4 is 9.64 Å². The molecule has 5 nitrogen and oxygen atoms in total. The van der Waals surface area contributed by atoms with Crippen molar-refractivity contribution in [2.45, 2.75) is 51.9 Å². The van der Waals surface area contributed by atoms with Crippen molar-refractivity contribution in [1.29, 1.82) is 0 Å². The quantitative estimate of drug-likeness (QED) is 0.747. The standard InChI is InChI=1S/C25H30N2O3/c1-13(2)15-5-10-18-19(12-15)21-22(20-11-14(3)26-23(18)20)25(29)27(24(21)28)16-6-8-17(30-4)9-7-16/h6-9,11,13,15,18-19,21-22,26H,5,10,12H2,1-4H3/t15?,18-,19+,21+,22-/m1/s1. The van der Waals surface area contributed by atoms with Gasteiger partial charge in [0.05, 0.1) is 24.6 Å². The zero-order valence-corrected chi connectivity index (χ0v) is 18.1. The SMILES string of the molecule is COc1ccc(N2C(=O)[C@H]3[C@H]4CC(C(C)C)CC[C@H]4c4[nH]c(C)cc4[C@H]3C2=O)cc1. The zero-order valence-electron chi connectivity index (χ0n) is 18.1.